The van der Waals surface area contributed by atoms with Crippen LogP contribution in [0.4, 0.5) is 0 Å². The van der Waals surface area contributed by atoms with Gasteiger partial charge in [-0.3, -0.25) is 0 Å². The molecule has 0 aliphatic rings. The number of rotatable bonds is 24. The molecule has 0 radical (unpaired) electrons. The van der Waals surface area contributed by atoms with Crippen molar-refractivity contribution in [2.75, 3.05) is 0 Å². The number of nitrogens with zero attached hydrogens (tertiary/aromatic N) is 1. The maximum absolute atomic E-state index is 6.06. The van der Waals surface area contributed by atoms with E-state index in [0.717, 1.165) is 0 Å². The number of hydrogen-bond donors (Lipinski definition) is 0. The zero-order valence-corrected chi connectivity index (χ0v) is 23.1. The van der Waals surface area contributed by atoms with Gasteiger partial charge in [-0.2, -0.15) is 0 Å². The Hall–Kier alpha value is -0.790. The molecule has 0 aliphatic heterocycles. The second-order valence-electron chi connectivity index (χ2n) is 10.6. The quantitative estimate of drug-likeness (QED) is 0.143. The Morgan fingerprint density at radius 3 is 1.30 bits per heavy atom. The molecule has 2 nitrogen and oxygen atoms in total. The molecule has 1 rings (SSSR count). The summed E-state index contributed by atoms with van der Waals surface area (Å²) in [5, 5.41) is 4.39. The third-order valence-corrected chi connectivity index (χ3v) is 7.56. The van der Waals surface area contributed by atoms with E-state index in [4.69, 9.17) is 4.52 Å². The fraction of sp³-hybridized carbons (Fsp3) is 0.903. The van der Waals surface area contributed by atoms with Crippen molar-refractivity contribution < 1.29 is 4.52 Å². The van der Waals surface area contributed by atoms with Crippen molar-refractivity contribution >= 4 is 0 Å². The third-order valence-electron chi connectivity index (χ3n) is 7.56. The molecule has 0 fully saturated rings. The topological polar surface area (TPSA) is 26.0 Å². The van der Waals surface area contributed by atoms with Gasteiger partial charge in [-0.25, -0.2) is 0 Å². The molecule has 0 saturated carbocycles. The van der Waals surface area contributed by atoms with E-state index < -0.39 is 0 Å². The summed E-state index contributed by atoms with van der Waals surface area (Å²) >= 11 is 0. The fourth-order valence-corrected chi connectivity index (χ4v) is 5.36. The maximum atomic E-state index is 6.06. The van der Waals surface area contributed by atoms with Crippen LogP contribution in [0, 0.1) is 0 Å². The molecule has 2 heteroatoms. The molecule has 0 bridgehead atoms. The van der Waals surface area contributed by atoms with Crippen LogP contribution in [-0.2, 0) is 0 Å². The fourth-order valence-electron chi connectivity index (χ4n) is 5.36. The van der Waals surface area contributed by atoms with Gasteiger partial charge in [0.2, 0.25) is 0 Å². The standard InChI is InChI=1S/C31H59NO/c1-5-9-13-17-21-23-28(24-22-18-14-10-6-2)30-27-32-33-31(30)29(25-19-15-11-7-3)26-20-16-12-8-4/h27-29H,5-26H2,1-4H3. The first-order chi connectivity index (χ1) is 16.3. The normalized spacial score (nSPS) is 11.8. The Morgan fingerprint density at radius 2 is 0.879 bits per heavy atom. The van der Waals surface area contributed by atoms with Crippen LogP contribution in [0.1, 0.15) is 192 Å². The third kappa shape index (κ3) is 14.3. The first-order valence-electron chi connectivity index (χ1n) is 15.2. The summed E-state index contributed by atoms with van der Waals surface area (Å²) < 4.78 is 6.06. The summed E-state index contributed by atoms with van der Waals surface area (Å²) in [5.41, 5.74) is 1.48. The molecule has 0 spiro atoms. The van der Waals surface area contributed by atoms with E-state index in [9.17, 15) is 0 Å². The van der Waals surface area contributed by atoms with Gasteiger partial charge in [0, 0.05) is 11.5 Å². The molecule has 194 valence electrons. The molecule has 1 heterocycles. The van der Waals surface area contributed by atoms with Crippen molar-refractivity contribution in [3.63, 3.8) is 0 Å². The van der Waals surface area contributed by atoms with E-state index in [2.05, 4.69) is 39.0 Å². The van der Waals surface area contributed by atoms with Gasteiger partial charge in [0.05, 0.1) is 6.20 Å². The Bertz CT molecular complexity index is 497. The van der Waals surface area contributed by atoms with Crippen LogP contribution in [0.5, 0.6) is 0 Å². The van der Waals surface area contributed by atoms with Gasteiger partial charge in [0.1, 0.15) is 5.76 Å². The van der Waals surface area contributed by atoms with Gasteiger partial charge in [-0.15, -0.1) is 0 Å². The minimum Gasteiger partial charge on any atom is -0.361 e. The SMILES string of the molecule is CCCCCCCC(CCCCCCC)c1cnoc1C(CCCCCC)CCCCCC. The maximum Gasteiger partial charge on any atom is 0.143 e. The average molecular weight is 462 g/mol. The molecule has 0 aromatic carbocycles. The van der Waals surface area contributed by atoms with Crippen LogP contribution < -0.4 is 0 Å². The summed E-state index contributed by atoms with van der Waals surface area (Å²) in [4.78, 5) is 0. The molecule has 0 saturated heterocycles. The van der Waals surface area contributed by atoms with Crippen molar-refractivity contribution in [1.29, 1.82) is 0 Å². The van der Waals surface area contributed by atoms with Crippen LogP contribution in [0.2, 0.25) is 0 Å². The lowest BCUT2D eigenvalue weighted by Crippen LogP contribution is -2.07. The summed E-state index contributed by atoms with van der Waals surface area (Å²) in [5.74, 6) is 2.51. The molecule has 1 aromatic rings. The summed E-state index contributed by atoms with van der Waals surface area (Å²) in [7, 11) is 0. The van der Waals surface area contributed by atoms with Gasteiger partial charge in [-0.1, -0.05) is 148 Å². The van der Waals surface area contributed by atoms with Crippen LogP contribution >= 0.6 is 0 Å². The smallest absolute Gasteiger partial charge is 0.143 e. The average Bonchev–Trinajstić information content (AvgIpc) is 3.31. The van der Waals surface area contributed by atoms with Crippen molar-refractivity contribution in [3.8, 4) is 0 Å². The molecule has 0 aliphatic carbocycles. The van der Waals surface area contributed by atoms with Crippen LogP contribution in [-0.4, -0.2) is 5.16 Å². The predicted molar refractivity (Wildman–Crippen MR) is 146 cm³/mol. The monoisotopic (exact) mass is 461 g/mol. The Labute approximate surface area is 208 Å². The van der Waals surface area contributed by atoms with Gasteiger partial charge in [0.25, 0.3) is 0 Å². The Kier molecular flexibility index (Phi) is 19.9. The highest BCUT2D eigenvalue weighted by atomic mass is 16.5. The number of hydrogen-bond acceptors (Lipinski definition) is 2. The lowest BCUT2D eigenvalue weighted by atomic mass is 9.83. The molecular weight excluding hydrogens is 402 g/mol. The van der Waals surface area contributed by atoms with E-state index in [0.29, 0.717) is 11.8 Å². The molecule has 33 heavy (non-hydrogen) atoms. The first-order valence-corrected chi connectivity index (χ1v) is 15.2. The summed E-state index contributed by atoms with van der Waals surface area (Å²) in [6, 6.07) is 0. The second kappa shape index (κ2) is 21.7. The molecule has 0 N–H and O–H groups in total. The lowest BCUT2D eigenvalue weighted by molar-refractivity contribution is 0.332. The summed E-state index contributed by atoms with van der Waals surface area (Å²) in [6.45, 7) is 9.23. The van der Waals surface area contributed by atoms with Crippen LogP contribution in [0.25, 0.3) is 0 Å². The molecular formula is C31H59NO. The molecule has 0 unspecified atom stereocenters. The zero-order chi connectivity index (χ0) is 24.0. The Morgan fingerprint density at radius 1 is 0.515 bits per heavy atom. The largest absolute Gasteiger partial charge is 0.361 e. The van der Waals surface area contributed by atoms with Gasteiger partial charge in [0.15, 0.2) is 0 Å². The summed E-state index contributed by atoms with van der Waals surface area (Å²) in [6.07, 6.45) is 31.8. The van der Waals surface area contributed by atoms with E-state index in [1.54, 1.807) is 0 Å². The molecule has 0 amide bonds. The highest BCUT2D eigenvalue weighted by molar-refractivity contribution is 5.22. The lowest BCUT2D eigenvalue weighted by Gasteiger charge is -2.21. The number of aromatic nitrogens is 1. The van der Waals surface area contributed by atoms with E-state index in [1.807, 2.05) is 0 Å². The van der Waals surface area contributed by atoms with Crippen molar-refractivity contribution in [1.82, 2.24) is 5.16 Å². The zero-order valence-electron chi connectivity index (χ0n) is 23.1. The van der Waals surface area contributed by atoms with Gasteiger partial charge in [-0.05, 0) is 31.6 Å². The number of unbranched alkanes of at least 4 members (excludes halogenated alkanes) is 14. The van der Waals surface area contributed by atoms with Crippen LogP contribution in [0.15, 0.2) is 10.7 Å². The first kappa shape index (κ1) is 30.2. The van der Waals surface area contributed by atoms with E-state index in [-0.39, 0.29) is 0 Å². The minimum absolute atomic E-state index is 0.582. The highest BCUT2D eigenvalue weighted by Gasteiger charge is 2.25. The molecule has 1 aromatic heterocycles. The van der Waals surface area contributed by atoms with Crippen molar-refractivity contribution in [2.24, 2.45) is 0 Å². The van der Waals surface area contributed by atoms with E-state index >= 15 is 0 Å². The second-order valence-corrected chi connectivity index (χ2v) is 10.6. The molecule has 0 atom stereocenters. The highest BCUT2D eigenvalue weighted by Crippen LogP contribution is 2.38. The van der Waals surface area contributed by atoms with Gasteiger partial charge < -0.3 is 4.52 Å². The van der Waals surface area contributed by atoms with Gasteiger partial charge >= 0.3 is 0 Å². The van der Waals surface area contributed by atoms with E-state index in [1.165, 1.54) is 153 Å². The minimum atomic E-state index is 0.582. The van der Waals surface area contributed by atoms with Crippen molar-refractivity contribution in [3.05, 3.63) is 17.5 Å². The predicted octanol–water partition coefficient (Wildman–Crippen LogP) is 11.5. The Balaban J connectivity index is 2.82. The van der Waals surface area contributed by atoms with Crippen molar-refractivity contribution in [2.45, 2.75) is 181 Å². The van der Waals surface area contributed by atoms with Crippen LogP contribution in [0.3, 0.4) is 0 Å².